The van der Waals surface area contributed by atoms with Gasteiger partial charge in [0, 0.05) is 24.0 Å². The van der Waals surface area contributed by atoms with E-state index in [0.717, 1.165) is 25.1 Å². The number of carbonyl (C=O) groups is 1. The number of amides is 1. The summed E-state index contributed by atoms with van der Waals surface area (Å²) < 4.78 is 5.61. The maximum Gasteiger partial charge on any atom is 0.227 e. The fourth-order valence-corrected chi connectivity index (χ4v) is 1.97. The van der Waals surface area contributed by atoms with Gasteiger partial charge in [0.15, 0.2) is 0 Å². The summed E-state index contributed by atoms with van der Waals surface area (Å²) >= 11 is 5.80. The minimum absolute atomic E-state index is 0.177. The summed E-state index contributed by atoms with van der Waals surface area (Å²) in [5.74, 6) is 1.00. The van der Waals surface area contributed by atoms with E-state index in [1.807, 2.05) is 52.1 Å². The Morgan fingerprint density at radius 2 is 1.80 bits per heavy atom. The van der Waals surface area contributed by atoms with Gasteiger partial charge in [0.25, 0.3) is 0 Å². The van der Waals surface area contributed by atoms with Gasteiger partial charge >= 0.3 is 0 Å². The molecule has 0 saturated heterocycles. The van der Waals surface area contributed by atoms with Gasteiger partial charge in [-0.2, -0.15) is 0 Å². The third kappa shape index (κ3) is 5.83. The molecule has 1 aromatic carbocycles. The van der Waals surface area contributed by atoms with Crippen LogP contribution in [-0.2, 0) is 4.79 Å². The molecule has 4 heteroatoms. The van der Waals surface area contributed by atoms with E-state index in [0.29, 0.717) is 11.6 Å². The van der Waals surface area contributed by atoms with Crippen molar-refractivity contribution < 1.29 is 9.53 Å². The van der Waals surface area contributed by atoms with E-state index in [1.165, 1.54) is 0 Å². The van der Waals surface area contributed by atoms with Gasteiger partial charge in [-0.25, -0.2) is 0 Å². The van der Waals surface area contributed by atoms with Crippen molar-refractivity contribution in [3.63, 3.8) is 0 Å². The summed E-state index contributed by atoms with van der Waals surface area (Å²) in [6.07, 6.45) is 1.86. The quantitative estimate of drug-likeness (QED) is 0.743. The Bertz CT molecular complexity index is 423. The van der Waals surface area contributed by atoms with E-state index in [1.54, 1.807) is 4.90 Å². The van der Waals surface area contributed by atoms with Crippen molar-refractivity contribution in [2.75, 3.05) is 20.2 Å². The second-order valence-corrected chi connectivity index (χ2v) is 6.42. The molecular weight excluding hydrogens is 274 g/mol. The lowest BCUT2D eigenvalue weighted by atomic mass is 9.95. The van der Waals surface area contributed by atoms with E-state index in [9.17, 15) is 4.79 Å². The topological polar surface area (TPSA) is 29.5 Å². The third-order valence-corrected chi connectivity index (χ3v) is 3.21. The number of nitrogens with zero attached hydrogens (tertiary/aromatic N) is 1. The van der Waals surface area contributed by atoms with Crippen molar-refractivity contribution >= 4 is 17.5 Å². The van der Waals surface area contributed by atoms with Crippen LogP contribution in [0.3, 0.4) is 0 Å². The van der Waals surface area contributed by atoms with Crippen molar-refractivity contribution in [3.8, 4) is 5.75 Å². The molecule has 0 atom stereocenters. The smallest absolute Gasteiger partial charge is 0.227 e. The van der Waals surface area contributed by atoms with Crippen LogP contribution in [0.5, 0.6) is 5.75 Å². The SMILES string of the molecule is CN(CCCCOc1ccc(Cl)cc1)C(=O)C(C)(C)C. The van der Waals surface area contributed by atoms with Gasteiger partial charge in [-0.15, -0.1) is 0 Å². The monoisotopic (exact) mass is 297 g/mol. The van der Waals surface area contributed by atoms with Gasteiger partial charge in [0.1, 0.15) is 5.75 Å². The number of halogens is 1. The maximum absolute atomic E-state index is 12.0. The number of carbonyl (C=O) groups excluding carboxylic acids is 1. The Hall–Kier alpha value is -1.22. The summed E-state index contributed by atoms with van der Waals surface area (Å²) in [7, 11) is 1.85. The Morgan fingerprint density at radius 3 is 2.35 bits per heavy atom. The van der Waals surface area contributed by atoms with Crippen LogP contribution >= 0.6 is 11.6 Å². The lowest BCUT2D eigenvalue weighted by Crippen LogP contribution is -2.37. The molecule has 112 valence electrons. The van der Waals surface area contributed by atoms with E-state index in [-0.39, 0.29) is 11.3 Å². The first-order chi connectivity index (χ1) is 9.30. The van der Waals surface area contributed by atoms with Crippen LogP contribution in [0, 0.1) is 5.41 Å². The molecule has 0 aliphatic carbocycles. The van der Waals surface area contributed by atoms with Crippen molar-refractivity contribution in [3.05, 3.63) is 29.3 Å². The molecule has 0 aliphatic heterocycles. The van der Waals surface area contributed by atoms with Gasteiger partial charge in [0.2, 0.25) is 5.91 Å². The molecule has 0 bridgehead atoms. The van der Waals surface area contributed by atoms with Gasteiger partial charge in [-0.05, 0) is 37.1 Å². The molecule has 0 heterocycles. The first-order valence-electron chi connectivity index (χ1n) is 6.94. The van der Waals surface area contributed by atoms with Gasteiger partial charge < -0.3 is 9.64 Å². The maximum atomic E-state index is 12.0. The highest BCUT2D eigenvalue weighted by molar-refractivity contribution is 6.30. The van der Waals surface area contributed by atoms with Gasteiger partial charge in [-0.3, -0.25) is 4.79 Å². The minimum atomic E-state index is -0.311. The highest BCUT2D eigenvalue weighted by Gasteiger charge is 2.24. The second kappa shape index (κ2) is 7.53. The first-order valence-corrected chi connectivity index (χ1v) is 7.32. The van der Waals surface area contributed by atoms with Crippen molar-refractivity contribution in [2.24, 2.45) is 5.41 Å². The minimum Gasteiger partial charge on any atom is -0.494 e. The molecule has 0 aromatic heterocycles. The summed E-state index contributed by atoms with van der Waals surface area (Å²) in [5, 5.41) is 0.708. The average molecular weight is 298 g/mol. The summed E-state index contributed by atoms with van der Waals surface area (Å²) in [5.41, 5.74) is -0.311. The predicted octanol–water partition coefficient (Wildman–Crippen LogP) is 4.00. The molecule has 1 amide bonds. The van der Waals surface area contributed by atoms with Crippen LogP contribution in [0.1, 0.15) is 33.6 Å². The number of hydrogen-bond acceptors (Lipinski definition) is 2. The van der Waals surface area contributed by atoms with E-state index < -0.39 is 0 Å². The Morgan fingerprint density at radius 1 is 1.20 bits per heavy atom. The summed E-state index contributed by atoms with van der Waals surface area (Å²) in [6, 6.07) is 7.34. The van der Waals surface area contributed by atoms with E-state index in [2.05, 4.69) is 0 Å². The number of ether oxygens (including phenoxy) is 1. The largest absolute Gasteiger partial charge is 0.494 e. The van der Waals surface area contributed by atoms with Crippen LogP contribution in [0.2, 0.25) is 5.02 Å². The average Bonchev–Trinajstić information content (AvgIpc) is 2.38. The summed E-state index contributed by atoms with van der Waals surface area (Å²) in [4.78, 5) is 13.8. The molecule has 1 aromatic rings. The van der Waals surface area contributed by atoms with Gasteiger partial charge in [-0.1, -0.05) is 32.4 Å². The second-order valence-electron chi connectivity index (χ2n) is 5.99. The number of benzene rings is 1. The highest BCUT2D eigenvalue weighted by Crippen LogP contribution is 2.17. The first kappa shape index (κ1) is 16.8. The molecule has 1 rings (SSSR count). The molecule has 0 unspecified atom stereocenters. The lowest BCUT2D eigenvalue weighted by molar-refractivity contribution is -0.138. The molecule has 0 N–H and O–H groups in total. The Kier molecular flexibility index (Phi) is 6.34. The van der Waals surface area contributed by atoms with Crippen LogP contribution in [0.25, 0.3) is 0 Å². The van der Waals surface area contributed by atoms with Crippen molar-refractivity contribution in [2.45, 2.75) is 33.6 Å². The molecule has 0 saturated carbocycles. The summed E-state index contributed by atoms with van der Waals surface area (Å²) in [6.45, 7) is 7.24. The van der Waals surface area contributed by atoms with Crippen molar-refractivity contribution in [1.29, 1.82) is 0 Å². The molecule has 0 radical (unpaired) electrons. The zero-order chi connectivity index (χ0) is 15.2. The normalized spacial score (nSPS) is 11.2. The third-order valence-electron chi connectivity index (χ3n) is 2.96. The van der Waals surface area contributed by atoms with E-state index >= 15 is 0 Å². The fraction of sp³-hybridized carbons (Fsp3) is 0.562. The Balaban J connectivity index is 2.19. The molecule has 20 heavy (non-hydrogen) atoms. The van der Waals surface area contributed by atoms with E-state index in [4.69, 9.17) is 16.3 Å². The lowest BCUT2D eigenvalue weighted by Gasteiger charge is -2.25. The zero-order valence-electron chi connectivity index (χ0n) is 12.8. The molecule has 0 spiro atoms. The van der Waals surface area contributed by atoms with Gasteiger partial charge in [0.05, 0.1) is 6.61 Å². The molecule has 3 nitrogen and oxygen atoms in total. The predicted molar refractivity (Wildman–Crippen MR) is 83.3 cm³/mol. The fourth-order valence-electron chi connectivity index (χ4n) is 1.85. The highest BCUT2D eigenvalue weighted by atomic mass is 35.5. The van der Waals surface area contributed by atoms with Crippen molar-refractivity contribution in [1.82, 2.24) is 4.90 Å². The Labute approximate surface area is 126 Å². The number of rotatable bonds is 6. The zero-order valence-corrected chi connectivity index (χ0v) is 13.5. The number of hydrogen-bond donors (Lipinski definition) is 0. The van der Waals surface area contributed by atoms with Crippen LogP contribution in [0.4, 0.5) is 0 Å². The van der Waals surface area contributed by atoms with Crippen LogP contribution < -0.4 is 4.74 Å². The van der Waals surface area contributed by atoms with Crippen LogP contribution in [0.15, 0.2) is 24.3 Å². The standard InChI is InChI=1S/C16H24ClNO2/c1-16(2,3)15(19)18(4)11-5-6-12-20-14-9-7-13(17)8-10-14/h7-10H,5-6,11-12H2,1-4H3. The molecule has 0 fully saturated rings. The molecule has 0 aliphatic rings. The molecular formula is C16H24ClNO2. The van der Waals surface area contributed by atoms with Crippen LogP contribution in [-0.4, -0.2) is 31.0 Å². The number of unbranched alkanes of at least 4 members (excludes halogenated alkanes) is 1.